The first-order valence-electron chi connectivity index (χ1n) is 5.62. The maximum atomic E-state index is 6.09. The Kier molecular flexibility index (Phi) is 4.28. The highest BCUT2D eigenvalue weighted by Crippen LogP contribution is 2.21. The highest BCUT2D eigenvalue weighted by atomic mass is 14.6. The minimum Gasteiger partial charge on any atom is -0.327 e. The van der Waals surface area contributed by atoms with Crippen molar-refractivity contribution >= 4 is 0 Å². The Hall–Kier alpha value is -0.890. The molecule has 0 saturated heterocycles. The summed E-state index contributed by atoms with van der Waals surface area (Å²) < 4.78 is 0. The van der Waals surface area contributed by atoms with Crippen LogP contribution in [0.5, 0.6) is 0 Å². The van der Waals surface area contributed by atoms with Gasteiger partial charge in [0.25, 0.3) is 0 Å². The summed E-state index contributed by atoms with van der Waals surface area (Å²) in [5, 5.41) is 0. The Balaban J connectivity index is 2.34. The molecule has 0 fully saturated rings. The summed E-state index contributed by atoms with van der Waals surface area (Å²) in [7, 11) is 0. The number of pyridine rings is 1. The molecule has 2 nitrogen and oxygen atoms in total. The lowest BCUT2D eigenvalue weighted by molar-refractivity contribution is 0.347. The van der Waals surface area contributed by atoms with Crippen LogP contribution in [0.25, 0.3) is 0 Å². The van der Waals surface area contributed by atoms with Crippen LogP contribution >= 0.6 is 0 Å². The normalized spacial score (nSPS) is 13.9. The van der Waals surface area contributed by atoms with E-state index in [4.69, 9.17) is 5.73 Å². The van der Waals surface area contributed by atoms with Gasteiger partial charge >= 0.3 is 0 Å². The fraction of sp³-hybridized carbons (Fsp3) is 0.615. The van der Waals surface area contributed by atoms with Crippen molar-refractivity contribution in [1.82, 2.24) is 4.98 Å². The molecule has 0 aliphatic carbocycles. The van der Waals surface area contributed by atoms with E-state index in [0.29, 0.717) is 5.41 Å². The van der Waals surface area contributed by atoms with Gasteiger partial charge in [0.05, 0.1) is 0 Å². The van der Waals surface area contributed by atoms with E-state index >= 15 is 0 Å². The quantitative estimate of drug-likeness (QED) is 0.822. The Morgan fingerprint density at radius 3 is 2.67 bits per heavy atom. The summed E-state index contributed by atoms with van der Waals surface area (Å²) in [6, 6.07) is 4.31. The maximum absolute atomic E-state index is 6.09. The van der Waals surface area contributed by atoms with Gasteiger partial charge in [-0.2, -0.15) is 0 Å². The third kappa shape index (κ3) is 5.53. The van der Waals surface area contributed by atoms with E-state index in [0.717, 1.165) is 12.8 Å². The second-order valence-corrected chi connectivity index (χ2v) is 5.42. The van der Waals surface area contributed by atoms with Crippen LogP contribution in [0.15, 0.2) is 24.5 Å². The van der Waals surface area contributed by atoms with Gasteiger partial charge in [0, 0.05) is 18.4 Å². The lowest BCUT2D eigenvalue weighted by Crippen LogP contribution is -2.24. The molecule has 1 aromatic rings. The molecular formula is C13H22N2. The Morgan fingerprint density at radius 1 is 1.40 bits per heavy atom. The monoisotopic (exact) mass is 206 g/mol. The SMILES string of the molecule is CC(C)(C)CCC(N)Cc1cccnc1. The third-order valence-electron chi connectivity index (χ3n) is 2.49. The summed E-state index contributed by atoms with van der Waals surface area (Å²) in [5.74, 6) is 0. The Morgan fingerprint density at radius 2 is 2.13 bits per heavy atom. The van der Waals surface area contributed by atoms with Gasteiger partial charge in [-0.3, -0.25) is 4.98 Å². The Labute approximate surface area is 92.9 Å². The number of hydrogen-bond donors (Lipinski definition) is 1. The number of rotatable bonds is 4. The molecule has 0 bridgehead atoms. The zero-order valence-electron chi connectivity index (χ0n) is 10.0. The Bertz CT molecular complexity index is 274. The lowest BCUT2D eigenvalue weighted by atomic mass is 9.88. The van der Waals surface area contributed by atoms with Gasteiger partial charge in [-0.15, -0.1) is 0 Å². The van der Waals surface area contributed by atoms with Crippen molar-refractivity contribution in [3.05, 3.63) is 30.1 Å². The molecule has 2 N–H and O–H groups in total. The third-order valence-corrected chi connectivity index (χ3v) is 2.49. The minimum absolute atomic E-state index is 0.258. The van der Waals surface area contributed by atoms with Crippen LogP contribution in [0.3, 0.4) is 0 Å². The number of aromatic nitrogens is 1. The van der Waals surface area contributed by atoms with Crippen molar-refractivity contribution in [3.8, 4) is 0 Å². The molecule has 2 heteroatoms. The molecule has 0 aliphatic rings. The highest BCUT2D eigenvalue weighted by molar-refractivity contribution is 5.09. The van der Waals surface area contributed by atoms with Gasteiger partial charge < -0.3 is 5.73 Å². The van der Waals surface area contributed by atoms with E-state index in [2.05, 4.69) is 31.8 Å². The molecule has 1 aromatic heterocycles. The van der Waals surface area contributed by atoms with Gasteiger partial charge in [0.2, 0.25) is 0 Å². The summed E-state index contributed by atoms with van der Waals surface area (Å²) in [5.41, 5.74) is 7.70. The predicted molar refractivity (Wildman–Crippen MR) is 64.6 cm³/mol. The van der Waals surface area contributed by atoms with Crippen molar-refractivity contribution in [1.29, 1.82) is 0 Å². The van der Waals surface area contributed by atoms with Crippen LogP contribution in [0.2, 0.25) is 0 Å². The van der Waals surface area contributed by atoms with E-state index in [1.54, 1.807) is 6.20 Å². The fourth-order valence-corrected chi connectivity index (χ4v) is 1.54. The number of nitrogens with zero attached hydrogens (tertiary/aromatic N) is 1. The number of hydrogen-bond acceptors (Lipinski definition) is 2. The molecule has 1 atom stereocenters. The molecule has 0 aliphatic heterocycles. The molecule has 1 heterocycles. The summed E-state index contributed by atoms with van der Waals surface area (Å²) in [6.45, 7) is 6.76. The van der Waals surface area contributed by atoms with Gasteiger partial charge in [0.15, 0.2) is 0 Å². The van der Waals surface area contributed by atoms with Crippen molar-refractivity contribution < 1.29 is 0 Å². The van der Waals surface area contributed by atoms with Crippen molar-refractivity contribution in [2.75, 3.05) is 0 Å². The van der Waals surface area contributed by atoms with E-state index in [-0.39, 0.29) is 6.04 Å². The first-order chi connectivity index (χ1) is 6.97. The minimum atomic E-state index is 0.258. The fourth-order valence-electron chi connectivity index (χ4n) is 1.54. The number of nitrogens with two attached hydrogens (primary N) is 1. The molecule has 0 aromatic carbocycles. The second-order valence-electron chi connectivity index (χ2n) is 5.42. The topological polar surface area (TPSA) is 38.9 Å². The van der Waals surface area contributed by atoms with Crippen LogP contribution in [0, 0.1) is 5.41 Å². The molecule has 0 radical (unpaired) electrons. The lowest BCUT2D eigenvalue weighted by Gasteiger charge is -2.20. The average molecular weight is 206 g/mol. The van der Waals surface area contributed by atoms with Gasteiger partial charge in [-0.25, -0.2) is 0 Å². The molecule has 1 unspecified atom stereocenters. The largest absolute Gasteiger partial charge is 0.327 e. The standard InChI is InChI=1S/C13H22N2/c1-13(2,3)7-6-12(14)9-11-5-4-8-15-10-11/h4-5,8,10,12H,6-7,9,14H2,1-3H3. The molecule has 0 spiro atoms. The van der Waals surface area contributed by atoms with E-state index in [1.165, 1.54) is 12.0 Å². The summed E-state index contributed by atoms with van der Waals surface area (Å²) in [6.07, 6.45) is 6.89. The molecule has 0 saturated carbocycles. The molecular weight excluding hydrogens is 184 g/mol. The molecule has 84 valence electrons. The van der Waals surface area contributed by atoms with E-state index in [9.17, 15) is 0 Å². The van der Waals surface area contributed by atoms with E-state index in [1.807, 2.05) is 12.3 Å². The zero-order chi connectivity index (χ0) is 11.3. The smallest absolute Gasteiger partial charge is 0.0300 e. The molecule has 1 rings (SSSR count). The zero-order valence-corrected chi connectivity index (χ0v) is 10.0. The average Bonchev–Trinajstić information content (AvgIpc) is 2.15. The summed E-state index contributed by atoms with van der Waals surface area (Å²) in [4.78, 5) is 4.09. The molecule has 0 amide bonds. The maximum Gasteiger partial charge on any atom is 0.0300 e. The van der Waals surface area contributed by atoms with Crippen LogP contribution < -0.4 is 5.73 Å². The van der Waals surface area contributed by atoms with Crippen molar-refractivity contribution in [2.24, 2.45) is 11.1 Å². The highest BCUT2D eigenvalue weighted by Gasteiger charge is 2.12. The van der Waals surface area contributed by atoms with Crippen molar-refractivity contribution in [2.45, 2.75) is 46.1 Å². The van der Waals surface area contributed by atoms with Crippen LogP contribution in [-0.2, 0) is 6.42 Å². The van der Waals surface area contributed by atoms with Crippen LogP contribution in [0.1, 0.15) is 39.2 Å². The molecule has 15 heavy (non-hydrogen) atoms. The van der Waals surface area contributed by atoms with Gasteiger partial charge in [-0.05, 0) is 36.3 Å². The predicted octanol–water partition coefficient (Wildman–Crippen LogP) is 2.78. The first kappa shape index (κ1) is 12.2. The van der Waals surface area contributed by atoms with Gasteiger partial charge in [0.1, 0.15) is 0 Å². The van der Waals surface area contributed by atoms with Crippen LogP contribution in [0.4, 0.5) is 0 Å². The first-order valence-corrected chi connectivity index (χ1v) is 5.62. The van der Waals surface area contributed by atoms with E-state index < -0.39 is 0 Å². The summed E-state index contributed by atoms with van der Waals surface area (Å²) >= 11 is 0. The second kappa shape index (κ2) is 5.26. The van der Waals surface area contributed by atoms with Crippen LogP contribution in [-0.4, -0.2) is 11.0 Å². The van der Waals surface area contributed by atoms with Gasteiger partial charge in [-0.1, -0.05) is 26.8 Å². The van der Waals surface area contributed by atoms with Crippen molar-refractivity contribution in [3.63, 3.8) is 0 Å².